The van der Waals surface area contributed by atoms with E-state index in [2.05, 4.69) is 65.6 Å². The van der Waals surface area contributed by atoms with Gasteiger partial charge in [-0.25, -0.2) is 0 Å². The Hall–Kier alpha value is -2.65. The van der Waals surface area contributed by atoms with Crippen LogP contribution in [0.2, 0.25) is 0 Å². The molecule has 3 nitrogen and oxygen atoms in total. The van der Waals surface area contributed by atoms with Crippen molar-refractivity contribution >= 4 is 17.1 Å². The molecule has 2 aliphatic heterocycles. The van der Waals surface area contributed by atoms with Crippen LogP contribution < -0.4 is 0 Å². The fourth-order valence-electron chi connectivity index (χ4n) is 3.87. The lowest BCUT2D eigenvalue weighted by molar-refractivity contribution is -0.131. The molecule has 0 radical (unpaired) electrons. The van der Waals surface area contributed by atoms with E-state index < -0.39 is 0 Å². The molecule has 0 saturated carbocycles. The molecule has 0 N–H and O–H groups in total. The molecular weight excluding hydrogens is 332 g/mol. The third kappa shape index (κ3) is 4.37. The van der Waals surface area contributed by atoms with Crippen LogP contribution in [0.3, 0.4) is 0 Å². The van der Waals surface area contributed by atoms with Gasteiger partial charge in [0.1, 0.15) is 0 Å². The number of rotatable bonds is 4. The molecule has 0 unspecified atom stereocenters. The van der Waals surface area contributed by atoms with Crippen molar-refractivity contribution in [3.63, 3.8) is 0 Å². The standard InChI is InChI=1S/C24H26N2O/c27-24(26-17-13-23(14-18-26)21-9-5-2-6-10-21)19-25-15-11-22(12-16-25)20-7-3-1-4-8-20/h1-11,13H,12,14-19H2. The van der Waals surface area contributed by atoms with E-state index in [-0.39, 0.29) is 5.91 Å². The van der Waals surface area contributed by atoms with Gasteiger partial charge in [-0.2, -0.15) is 0 Å². The van der Waals surface area contributed by atoms with Crippen LogP contribution in [0.4, 0.5) is 0 Å². The van der Waals surface area contributed by atoms with Crippen molar-refractivity contribution in [2.75, 3.05) is 32.7 Å². The van der Waals surface area contributed by atoms with Gasteiger partial charge in [-0.3, -0.25) is 9.69 Å². The molecule has 4 rings (SSSR count). The van der Waals surface area contributed by atoms with Gasteiger partial charge in [-0.15, -0.1) is 0 Å². The predicted molar refractivity (Wildman–Crippen MR) is 111 cm³/mol. The molecule has 0 aromatic heterocycles. The number of carbonyl (C=O) groups excluding carboxylic acids is 1. The normalized spacial score (nSPS) is 18.0. The van der Waals surface area contributed by atoms with Crippen LogP contribution in [0.25, 0.3) is 11.1 Å². The number of benzene rings is 2. The van der Waals surface area contributed by atoms with Crippen LogP contribution >= 0.6 is 0 Å². The minimum absolute atomic E-state index is 0.245. The topological polar surface area (TPSA) is 23.6 Å². The molecule has 0 aliphatic carbocycles. The first kappa shape index (κ1) is 17.7. The molecule has 2 aromatic carbocycles. The molecule has 0 saturated heterocycles. The van der Waals surface area contributed by atoms with E-state index in [1.807, 2.05) is 17.0 Å². The maximum Gasteiger partial charge on any atom is 0.237 e. The quantitative estimate of drug-likeness (QED) is 0.822. The molecule has 2 heterocycles. The maximum atomic E-state index is 12.7. The molecule has 138 valence electrons. The van der Waals surface area contributed by atoms with Gasteiger partial charge < -0.3 is 4.90 Å². The van der Waals surface area contributed by atoms with Gasteiger partial charge in [0.05, 0.1) is 6.54 Å². The SMILES string of the molecule is O=C(CN1CC=C(c2ccccc2)CC1)N1CC=C(c2ccccc2)CC1. The summed E-state index contributed by atoms with van der Waals surface area (Å²) in [5.74, 6) is 0.245. The van der Waals surface area contributed by atoms with Gasteiger partial charge >= 0.3 is 0 Å². The Morgan fingerprint density at radius 1 is 0.741 bits per heavy atom. The molecule has 0 bridgehead atoms. The summed E-state index contributed by atoms with van der Waals surface area (Å²) in [5.41, 5.74) is 5.33. The van der Waals surface area contributed by atoms with Gasteiger partial charge in [-0.1, -0.05) is 72.8 Å². The monoisotopic (exact) mass is 358 g/mol. The third-order valence-corrected chi connectivity index (χ3v) is 5.50. The van der Waals surface area contributed by atoms with Crippen molar-refractivity contribution in [2.45, 2.75) is 12.8 Å². The summed E-state index contributed by atoms with van der Waals surface area (Å²) in [5, 5.41) is 0. The fourth-order valence-corrected chi connectivity index (χ4v) is 3.87. The minimum Gasteiger partial charge on any atom is -0.338 e. The van der Waals surface area contributed by atoms with E-state index in [0.717, 1.165) is 39.0 Å². The van der Waals surface area contributed by atoms with E-state index in [0.29, 0.717) is 6.54 Å². The molecule has 0 atom stereocenters. The lowest BCUT2D eigenvalue weighted by atomic mass is 9.99. The molecule has 2 aromatic rings. The largest absolute Gasteiger partial charge is 0.338 e. The summed E-state index contributed by atoms with van der Waals surface area (Å²) in [6.07, 6.45) is 6.43. The Morgan fingerprint density at radius 3 is 1.78 bits per heavy atom. The van der Waals surface area contributed by atoms with Gasteiger partial charge in [0, 0.05) is 26.2 Å². The number of hydrogen-bond acceptors (Lipinski definition) is 2. The van der Waals surface area contributed by atoms with Crippen molar-refractivity contribution in [2.24, 2.45) is 0 Å². The van der Waals surface area contributed by atoms with Crippen molar-refractivity contribution < 1.29 is 4.79 Å². The summed E-state index contributed by atoms with van der Waals surface area (Å²) in [6.45, 7) is 3.87. The first-order chi connectivity index (χ1) is 13.3. The fraction of sp³-hybridized carbons (Fsp3) is 0.292. The highest BCUT2D eigenvalue weighted by molar-refractivity contribution is 5.80. The first-order valence-electron chi connectivity index (χ1n) is 9.78. The highest BCUT2D eigenvalue weighted by atomic mass is 16.2. The lowest BCUT2D eigenvalue weighted by Gasteiger charge is -2.31. The second-order valence-electron chi connectivity index (χ2n) is 7.27. The highest BCUT2D eigenvalue weighted by Crippen LogP contribution is 2.24. The van der Waals surface area contributed by atoms with Crippen LogP contribution in [-0.4, -0.2) is 48.4 Å². The third-order valence-electron chi connectivity index (χ3n) is 5.50. The molecule has 27 heavy (non-hydrogen) atoms. The van der Waals surface area contributed by atoms with Crippen LogP contribution in [0, 0.1) is 0 Å². The zero-order valence-electron chi connectivity index (χ0n) is 15.7. The van der Waals surface area contributed by atoms with Crippen LogP contribution in [0.15, 0.2) is 72.8 Å². The van der Waals surface area contributed by atoms with E-state index in [1.54, 1.807) is 0 Å². The van der Waals surface area contributed by atoms with Crippen molar-refractivity contribution in [3.05, 3.63) is 83.9 Å². The second-order valence-corrected chi connectivity index (χ2v) is 7.27. The average molecular weight is 358 g/mol. The summed E-state index contributed by atoms with van der Waals surface area (Å²) < 4.78 is 0. The zero-order valence-corrected chi connectivity index (χ0v) is 15.7. The van der Waals surface area contributed by atoms with E-state index in [4.69, 9.17) is 0 Å². The number of carbonyl (C=O) groups is 1. The molecule has 2 aliphatic rings. The number of amides is 1. The molecule has 1 amide bonds. The zero-order chi connectivity index (χ0) is 18.5. The number of hydrogen-bond donors (Lipinski definition) is 0. The summed E-state index contributed by atoms with van der Waals surface area (Å²) in [4.78, 5) is 16.9. The Labute approximate surface area is 161 Å². The number of nitrogens with zero attached hydrogens (tertiary/aromatic N) is 2. The van der Waals surface area contributed by atoms with E-state index >= 15 is 0 Å². The van der Waals surface area contributed by atoms with Crippen LogP contribution in [0.1, 0.15) is 24.0 Å². The minimum atomic E-state index is 0.245. The molecule has 0 spiro atoms. The first-order valence-corrected chi connectivity index (χ1v) is 9.78. The van der Waals surface area contributed by atoms with Gasteiger partial charge in [0.25, 0.3) is 0 Å². The highest BCUT2D eigenvalue weighted by Gasteiger charge is 2.21. The van der Waals surface area contributed by atoms with Gasteiger partial charge in [0.2, 0.25) is 5.91 Å². The van der Waals surface area contributed by atoms with Crippen molar-refractivity contribution in [1.29, 1.82) is 0 Å². The second kappa shape index (κ2) is 8.36. The summed E-state index contributed by atoms with van der Waals surface area (Å²) in [6, 6.07) is 21.0. The van der Waals surface area contributed by atoms with Crippen molar-refractivity contribution in [3.8, 4) is 0 Å². The van der Waals surface area contributed by atoms with E-state index in [9.17, 15) is 4.79 Å². The summed E-state index contributed by atoms with van der Waals surface area (Å²) in [7, 11) is 0. The molecule has 0 fully saturated rings. The van der Waals surface area contributed by atoms with Crippen LogP contribution in [-0.2, 0) is 4.79 Å². The van der Waals surface area contributed by atoms with Gasteiger partial charge in [0.15, 0.2) is 0 Å². The smallest absolute Gasteiger partial charge is 0.237 e. The maximum absolute atomic E-state index is 12.7. The Morgan fingerprint density at radius 2 is 1.30 bits per heavy atom. The van der Waals surface area contributed by atoms with E-state index in [1.165, 1.54) is 22.3 Å². The Kier molecular flexibility index (Phi) is 5.50. The van der Waals surface area contributed by atoms with Gasteiger partial charge in [-0.05, 0) is 35.1 Å². The molecular formula is C24H26N2O. The predicted octanol–water partition coefficient (Wildman–Crippen LogP) is 4.09. The van der Waals surface area contributed by atoms with Crippen molar-refractivity contribution in [1.82, 2.24) is 9.80 Å². The Balaban J connectivity index is 1.31. The Bertz CT molecular complexity index is 839. The average Bonchev–Trinajstić information content (AvgIpc) is 2.76. The summed E-state index contributed by atoms with van der Waals surface area (Å²) >= 11 is 0. The molecule has 3 heteroatoms. The lowest BCUT2D eigenvalue weighted by Crippen LogP contribution is -2.43. The van der Waals surface area contributed by atoms with Crippen LogP contribution in [0.5, 0.6) is 0 Å².